The first-order valence-electron chi connectivity index (χ1n) is 10.3. The predicted molar refractivity (Wildman–Crippen MR) is 128 cm³/mol. The molecule has 0 spiro atoms. The minimum Gasteiger partial charge on any atom is -0.480 e. The van der Waals surface area contributed by atoms with E-state index in [4.69, 9.17) is 15.9 Å². The lowest BCUT2D eigenvalue weighted by atomic mass is 10.0. The number of hydrogen-bond donors (Lipinski definition) is 4. The molecule has 32 heavy (non-hydrogen) atoms. The molecule has 4 aromatic carbocycles. The van der Waals surface area contributed by atoms with Gasteiger partial charge in [-0.25, -0.2) is 0 Å². The fourth-order valence-electron chi connectivity index (χ4n) is 3.30. The first-order valence-corrected chi connectivity index (χ1v) is 10.3. The second kappa shape index (κ2) is 10.4. The van der Waals surface area contributed by atoms with Gasteiger partial charge in [0, 0.05) is 5.69 Å². The Morgan fingerprint density at radius 2 is 1.31 bits per heavy atom. The van der Waals surface area contributed by atoms with Crippen molar-refractivity contribution in [3.63, 3.8) is 0 Å². The van der Waals surface area contributed by atoms with E-state index < -0.39 is 24.0 Å². The number of fused-ring (bicyclic) bond motifs is 2. The van der Waals surface area contributed by atoms with Crippen molar-refractivity contribution in [1.82, 2.24) is 0 Å². The van der Waals surface area contributed by atoms with Crippen LogP contribution < -0.4 is 11.1 Å². The number of anilines is 1. The van der Waals surface area contributed by atoms with Crippen LogP contribution in [0.5, 0.6) is 0 Å². The normalized spacial score (nSPS) is 12.4. The van der Waals surface area contributed by atoms with Gasteiger partial charge in [0.05, 0.1) is 0 Å². The zero-order valence-corrected chi connectivity index (χ0v) is 17.7. The zero-order valence-electron chi connectivity index (χ0n) is 17.7. The molecule has 0 saturated heterocycles. The molecule has 0 fully saturated rings. The summed E-state index contributed by atoms with van der Waals surface area (Å²) in [6, 6.07) is 26.2. The van der Waals surface area contributed by atoms with E-state index in [1.807, 2.05) is 84.9 Å². The van der Waals surface area contributed by atoms with Crippen molar-refractivity contribution in [2.24, 2.45) is 5.73 Å². The highest BCUT2D eigenvalue weighted by molar-refractivity contribution is 5.87. The number of carbonyl (C=O) groups is 2. The molecule has 0 heterocycles. The van der Waals surface area contributed by atoms with Crippen molar-refractivity contribution >= 4 is 39.2 Å². The summed E-state index contributed by atoms with van der Waals surface area (Å²) in [5.74, 6) is -1.82. The summed E-state index contributed by atoms with van der Waals surface area (Å²) in [6.45, 7) is 1.62. The molecule has 0 amide bonds. The van der Waals surface area contributed by atoms with Crippen LogP contribution in [0.2, 0.25) is 0 Å². The summed E-state index contributed by atoms with van der Waals surface area (Å²) < 4.78 is 0. The third-order valence-electron chi connectivity index (χ3n) is 5.09. The molecule has 0 aliphatic carbocycles. The maximum absolute atomic E-state index is 10.7. The molecule has 0 radical (unpaired) electrons. The van der Waals surface area contributed by atoms with Crippen LogP contribution in [0.15, 0.2) is 84.9 Å². The van der Waals surface area contributed by atoms with Gasteiger partial charge in [0.15, 0.2) is 0 Å². The van der Waals surface area contributed by atoms with Crippen molar-refractivity contribution in [2.75, 3.05) is 5.32 Å². The predicted octanol–water partition coefficient (Wildman–Crippen LogP) is 4.52. The standard InChI is InChI=1S/2C13H13NO2/c1-9(13(15)16)14-12-7-6-10-4-2-3-5-11(10)8-12;14-12(13(15)16)8-9-5-6-10-3-1-2-4-11(10)7-9/h2-9,14H,1H3,(H,15,16);1-7,12H,8,14H2,(H,15,16)/t9-;12-/m00/s1. The number of carboxylic acid groups (broad SMARTS) is 2. The van der Waals surface area contributed by atoms with E-state index in [9.17, 15) is 9.59 Å². The van der Waals surface area contributed by atoms with Gasteiger partial charge in [-0.3, -0.25) is 9.59 Å². The maximum atomic E-state index is 10.7. The fourth-order valence-corrected chi connectivity index (χ4v) is 3.30. The first kappa shape index (κ1) is 22.8. The molecule has 0 unspecified atom stereocenters. The minimum absolute atomic E-state index is 0.361. The summed E-state index contributed by atoms with van der Waals surface area (Å²) in [7, 11) is 0. The number of benzene rings is 4. The van der Waals surface area contributed by atoms with Crippen LogP contribution in [-0.4, -0.2) is 34.2 Å². The van der Waals surface area contributed by atoms with Crippen molar-refractivity contribution in [3.8, 4) is 0 Å². The van der Waals surface area contributed by atoms with Gasteiger partial charge in [0.25, 0.3) is 0 Å². The highest BCUT2D eigenvalue weighted by Crippen LogP contribution is 2.19. The number of aliphatic carboxylic acids is 2. The molecule has 164 valence electrons. The summed E-state index contributed by atoms with van der Waals surface area (Å²) in [6.07, 6.45) is 0.361. The van der Waals surface area contributed by atoms with Crippen LogP contribution in [0.3, 0.4) is 0 Å². The molecule has 0 aliphatic rings. The quantitative estimate of drug-likeness (QED) is 0.358. The molecule has 2 atom stereocenters. The third-order valence-corrected chi connectivity index (χ3v) is 5.09. The van der Waals surface area contributed by atoms with Crippen LogP contribution in [0.1, 0.15) is 12.5 Å². The molecule has 6 heteroatoms. The van der Waals surface area contributed by atoms with Crippen molar-refractivity contribution < 1.29 is 19.8 Å². The van der Waals surface area contributed by atoms with E-state index in [0.29, 0.717) is 6.42 Å². The van der Waals surface area contributed by atoms with Crippen molar-refractivity contribution in [3.05, 3.63) is 90.5 Å². The SMILES string of the molecule is C[C@H](Nc1ccc2ccccc2c1)C(=O)O.N[C@@H](Cc1ccc2ccccc2c1)C(=O)O. The van der Waals surface area contributed by atoms with Gasteiger partial charge >= 0.3 is 11.9 Å². The van der Waals surface area contributed by atoms with E-state index >= 15 is 0 Å². The molecule has 0 bridgehead atoms. The summed E-state index contributed by atoms with van der Waals surface area (Å²) in [5, 5.41) is 25.0. The second-order valence-corrected chi connectivity index (χ2v) is 7.60. The highest BCUT2D eigenvalue weighted by atomic mass is 16.4. The molecule has 0 saturated carbocycles. The van der Waals surface area contributed by atoms with Gasteiger partial charge < -0.3 is 21.3 Å². The lowest BCUT2D eigenvalue weighted by Gasteiger charge is -2.11. The summed E-state index contributed by atoms with van der Waals surface area (Å²) in [5.41, 5.74) is 7.27. The molecule has 6 nitrogen and oxygen atoms in total. The third kappa shape index (κ3) is 6.06. The molecule has 4 rings (SSSR count). The van der Waals surface area contributed by atoms with E-state index in [1.54, 1.807) is 6.92 Å². The van der Waals surface area contributed by atoms with Gasteiger partial charge in [0.2, 0.25) is 0 Å². The number of nitrogens with one attached hydrogen (secondary N) is 1. The van der Waals surface area contributed by atoms with Crippen LogP contribution in [0.25, 0.3) is 21.5 Å². The average molecular weight is 431 g/mol. The summed E-state index contributed by atoms with van der Waals surface area (Å²) >= 11 is 0. The lowest BCUT2D eigenvalue weighted by molar-refractivity contribution is -0.139. The Hall–Kier alpha value is -3.90. The molecular weight excluding hydrogens is 404 g/mol. The molecule has 0 aliphatic heterocycles. The number of carboxylic acids is 2. The van der Waals surface area contributed by atoms with E-state index in [0.717, 1.165) is 32.8 Å². The topological polar surface area (TPSA) is 113 Å². The number of rotatable bonds is 6. The van der Waals surface area contributed by atoms with Crippen LogP contribution in [0.4, 0.5) is 5.69 Å². The monoisotopic (exact) mass is 430 g/mol. The van der Waals surface area contributed by atoms with Crippen molar-refractivity contribution in [2.45, 2.75) is 25.4 Å². The van der Waals surface area contributed by atoms with E-state index in [1.165, 1.54) is 0 Å². The average Bonchev–Trinajstić information content (AvgIpc) is 2.79. The minimum atomic E-state index is -0.965. The first-order chi connectivity index (χ1) is 15.3. The van der Waals surface area contributed by atoms with Gasteiger partial charge in [0.1, 0.15) is 12.1 Å². The summed E-state index contributed by atoms with van der Waals surface area (Å²) in [4.78, 5) is 21.3. The Bertz CT molecular complexity index is 1140. The number of nitrogens with two attached hydrogens (primary N) is 1. The highest BCUT2D eigenvalue weighted by Gasteiger charge is 2.12. The molecule has 5 N–H and O–H groups in total. The van der Waals surface area contributed by atoms with Crippen molar-refractivity contribution in [1.29, 1.82) is 0 Å². The maximum Gasteiger partial charge on any atom is 0.325 e. The Morgan fingerprint density at radius 3 is 1.88 bits per heavy atom. The molecule has 4 aromatic rings. The zero-order chi connectivity index (χ0) is 23.1. The Morgan fingerprint density at radius 1 is 0.781 bits per heavy atom. The lowest BCUT2D eigenvalue weighted by Crippen LogP contribution is -2.32. The smallest absolute Gasteiger partial charge is 0.325 e. The molecular formula is C26H26N2O4. The second-order valence-electron chi connectivity index (χ2n) is 7.60. The van der Waals surface area contributed by atoms with Gasteiger partial charge in [-0.2, -0.15) is 0 Å². The van der Waals surface area contributed by atoms with Gasteiger partial charge in [-0.1, -0.05) is 72.8 Å². The van der Waals surface area contributed by atoms with Crippen LogP contribution in [0, 0.1) is 0 Å². The van der Waals surface area contributed by atoms with Crippen LogP contribution in [-0.2, 0) is 16.0 Å². The largest absolute Gasteiger partial charge is 0.480 e. The Balaban J connectivity index is 0.000000181. The van der Waals surface area contributed by atoms with Crippen LogP contribution >= 0.6 is 0 Å². The van der Waals surface area contributed by atoms with E-state index in [-0.39, 0.29) is 0 Å². The Labute approximate surface area is 186 Å². The number of hydrogen-bond acceptors (Lipinski definition) is 4. The van der Waals surface area contributed by atoms with Gasteiger partial charge in [-0.05, 0) is 52.6 Å². The molecule has 0 aromatic heterocycles. The fraction of sp³-hybridized carbons (Fsp3) is 0.154. The van der Waals surface area contributed by atoms with E-state index in [2.05, 4.69) is 5.32 Å². The van der Waals surface area contributed by atoms with Gasteiger partial charge in [-0.15, -0.1) is 0 Å². The Kier molecular flexibility index (Phi) is 7.41.